The van der Waals surface area contributed by atoms with Gasteiger partial charge in [-0.1, -0.05) is 78.9 Å². The number of hydrogen-bond acceptors (Lipinski definition) is 1. The molecule has 0 radical (unpaired) electrons. The van der Waals surface area contributed by atoms with Crippen LogP contribution < -0.4 is 0 Å². The van der Waals surface area contributed by atoms with Crippen LogP contribution >= 0.6 is 0 Å². The second-order valence-electron chi connectivity index (χ2n) is 10.9. The van der Waals surface area contributed by atoms with E-state index in [-0.39, 0.29) is 0 Å². The van der Waals surface area contributed by atoms with Crippen molar-refractivity contribution in [2.75, 3.05) is 0 Å². The molecule has 196 valence electrons. The molecular formula is C39H25N3. The predicted molar refractivity (Wildman–Crippen MR) is 176 cm³/mol. The maximum atomic E-state index is 4.51. The molecule has 0 bridgehead atoms. The van der Waals surface area contributed by atoms with Crippen LogP contribution in [0.1, 0.15) is 0 Å². The number of para-hydroxylation sites is 2. The van der Waals surface area contributed by atoms with Gasteiger partial charge in [0.05, 0.1) is 16.6 Å². The van der Waals surface area contributed by atoms with Gasteiger partial charge in [-0.25, -0.2) is 0 Å². The average Bonchev–Trinajstić information content (AvgIpc) is 3.64. The van der Waals surface area contributed by atoms with Crippen molar-refractivity contribution in [1.82, 2.24) is 14.1 Å². The molecule has 9 rings (SSSR count). The quantitative estimate of drug-likeness (QED) is 0.221. The van der Waals surface area contributed by atoms with Gasteiger partial charge < -0.3 is 9.13 Å². The first-order valence-corrected chi connectivity index (χ1v) is 14.3. The zero-order chi connectivity index (χ0) is 27.6. The van der Waals surface area contributed by atoms with Crippen molar-refractivity contribution in [2.45, 2.75) is 0 Å². The molecule has 0 atom stereocenters. The summed E-state index contributed by atoms with van der Waals surface area (Å²) in [5.74, 6) is 0. The molecule has 0 saturated heterocycles. The maximum absolute atomic E-state index is 4.51. The van der Waals surface area contributed by atoms with Gasteiger partial charge in [0.15, 0.2) is 0 Å². The molecule has 0 aliphatic rings. The predicted octanol–water partition coefficient (Wildman–Crippen LogP) is 10.1. The Bertz CT molecular complexity index is 2440. The molecular weight excluding hydrogens is 510 g/mol. The van der Waals surface area contributed by atoms with Gasteiger partial charge in [0.1, 0.15) is 0 Å². The number of fused-ring (bicyclic) bond motifs is 7. The van der Waals surface area contributed by atoms with Gasteiger partial charge in [-0.15, -0.1) is 0 Å². The number of benzene rings is 6. The SMILES string of the molecule is c1ccc(-n2ccc3c4cc5c(cc4ccc32)c2ccccc2n5-c2ccc(-c3cncc4ccccc34)cc2)cc1. The molecule has 9 aromatic rings. The monoisotopic (exact) mass is 535 g/mol. The Labute approximate surface area is 242 Å². The lowest BCUT2D eigenvalue weighted by molar-refractivity contribution is 1.13. The van der Waals surface area contributed by atoms with Gasteiger partial charge in [0.2, 0.25) is 0 Å². The second-order valence-corrected chi connectivity index (χ2v) is 10.9. The molecule has 3 heterocycles. The molecule has 42 heavy (non-hydrogen) atoms. The van der Waals surface area contributed by atoms with E-state index in [2.05, 4.69) is 154 Å². The first-order chi connectivity index (χ1) is 20.8. The minimum absolute atomic E-state index is 1.14. The molecule has 0 aliphatic heterocycles. The molecule has 0 fully saturated rings. The first-order valence-electron chi connectivity index (χ1n) is 14.3. The summed E-state index contributed by atoms with van der Waals surface area (Å²) in [5, 5.41) is 8.67. The van der Waals surface area contributed by atoms with Crippen LogP contribution in [0.4, 0.5) is 0 Å². The molecule has 0 amide bonds. The van der Waals surface area contributed by atoms with Crippen molar-refractivity contribution in [3.63, 3.8) is 0 Å². The number of nitrogens with zero attached hydrogens (tertiary/aromatic N) is 3. The minimum Gasteiger partial charge on any atom is -0.317 e. The van der Waals surface area contributed by atoms with E-state index in [1.807, 2.05) is 12.4 Å². The number of pyridine rings is 1. The van der Waals surface area contributed by atoms with E-state index in [9.17, 15) is 0 Å². The Kier molecular flexibility index (Phi) is 4.90. The van der Waals surface area contributed by atoms with Crippen molar-refractivity contribution < 1.29 is 0 Å². The van der Waals surface area contributed by atoms with Gasteiger partial charge in [-0.2, -0.15) is 0 Å². The lowest BCUT2D eigenvalue weighted by atomic mass is 10.0. The van der Waals surface area contributed by atoms with E-state index in [4.69, 9.17) is 0 Å². The van der Waals surface area contributed by atoms with Gasteiger partial charge in [-0.05, 0) is 76.3 Å². The normalized spacial score (nSPS) is 11.8. The molecule has 6 aromatic carbocycles. The van der Waals surface area contributed by atoms with Crippen LogP contribution in [0.15, 0.2) is 152 Å². The van der Waals surface area contributed by atoms with Crippen LogP contribution in [0.25, 0.3) is 76.8 Å². The molecule has 0 saturated carbocycles. The molecule has 3 nitrogen and oxygen atoms in total. The Morgan fingerprint density at radius 2 is 1.19 bits per heavy atom. The van der Waals surface area contributed by atoms with Gasteiger partial charge in [0, 0.05) is 57.1 Å². The Balaban J connectivity index is 1.26. The fourth-order valence-corrected chi connectivity index (χ4v) is 6.64. The molecule has 0 aliphatic carbocycles. The van der Waals surface area contributed by atoms with E-state index in [1.54, 1.807) is 0 Å². The summed E-state index contributed by atoms with van der Waals surface area (Å²) in [4.78, 5) is 4.51. The zero-order valence-electron chi connectivity index (χ0n) is 22.8. The van der Waals surface area contributed by atoms with E-state index < -0.39 is 0 Å². The van der Waals surface area contributed by atoms with Crippen molar-refractivity contribution in [3.8, 4) is 22.5 Å². The summed E-state index contributed by atoms with van der Waals surface area (Å²) >= 11 is 0. The van der Waals surface area contributed by atoms with Gasteiger partial charge in [0.25, 0.3) is 0 Å². The van der Waals surface area contributed by atoms with Crippen LogP contribution in [0.5, 0.6) is 0 Å². The fourth-order valence-electron chi connectivity index (χ4n) is 6.64. The highest BCUT2D eigenvalue weighted by Crippen LogP contribution is 2.38. The zero-order valence-corrected chi connectivity index (χ0v) is 22.8. The van der Waals surface area contributed by atoms with Crippen molar-refractivity contribution >= 4 is 54.3 Å². The minimum atomic E-state index is 1.14. The average molecular weight is 536 g/mol. The summed E-state index contributed by atoms with van der Waals surface area (Å²) in [6, 6.07) is 48.1. The highest BCUT2D eigenvalue weighted by Gasteiger charge is 2.15. The summed E-state index contributed by atoms with van der Waals surface area (Å²) in [6.45, 7) is 0. The summed E-state index contributed by atoms with van der Waals surface area (Å²) in [5.41, 5.74) is 8.26. The van der Waals surface area contributed by atoms with Crippen molar-refractivity contribution in [2.24, 2.45) is 0 Å². The van der Waals surface area contributed by atoms with Crippen LogP contribution in [-0.2, 0) is 0 Å². The van der Waals surface area contributed by atoms with Crippen molar-refractivity contribution in [1.29, 1.82) is 0 Å². The molecule has 3 aromatic heterocycles. The summed E-state index contributed by atoms with van der Waals surface area (Å²) in [7, 11) is 0. The fraction of sp³-hybridized carbons (Fsp3) is 0. The smallest absolute Gasteiger partial charge is 0.0547 e. The van der Waals surface area contributed by atoms with E-state index >= 15 is 0 Å². The summed E-state index contributed by atoms with van der Waals surface area (Å²) < 4.78 is 4.68. The molecule has 0 spiro atoms. The summed E-state index contributed by atoms with van der Waals surface area (Å²) in [6.07, 6.45) is 6.08. The maximum Gasteiger partial charge on any atom is 0.0547 e. The number of aromatic nitrogens is 3. The Morgan fingerprint density at radius 1 is 0.429 bits per heavy atom. The highest BCUT2D eigenvalue weighted by molar-refractivity contribution is 6.18. The molecule has 3 heteroatoms. The second kappa shape index (κ2) is 8.92. The molecule has 0 unspecified atom stereocenters. The van der Waals surface area contributed by atoms with E-state index in [1.165, 1.54) is 60.1 Å². The molecule has 0 N–H and O–H groups in total. The van der Waals surface area contributed by atoms with Crippen LogP contribution in [0.2, 0.25) is 0 Å². The third kappa shape index (κ3) is 3.37. The van der Waals surface area contributed by atoms with E-state index in [0.717, 1.165) is 16.6 Å². The topological polar surface area (TPSA) is 22.8 Å². The lowest BCUT2D eigenvalue weighted by Gasteiger charge is -2.11. The van der Waals surface area contributed by atoms with Gasteiger partial charge in [-0.3, -0.25) is 4.98 Å². The highest BCUT2D eigenvalue weighted by atomic mass is 15.0. The number of rotatable bonds is 3. The lowest BCUT2D eigenvalue weighted by Crippen LogP contribution is -1.94. The third-order valence-electron chi connectivity index (χ3n) is 8.62. The van der Waals surface area contributed by atoms with Crippen LogP contribution in [0.3, 0.4) is 0 Å². The van der Waals surface area contributed by atoms with Gasteiger partial charge >= 0.3 is 0 Å². The largest absolute Gasteiger partial charge is 0.317 e. The Hall–Kier alpha value is -5.67. The Morgan fingerprint density at radius 3 is 2.07 bits per heavy atom. The van der Waals surface area contributed by atoms with E-state index in [0.29, 0.717) is 0 Å². The first kappa shape index (κ1) is 23.1. The third-order valence-corrected chi connectivity index (χ3v) is 8.62. The standard InChI is InChI=1S/C39H25N3/c1-2-9-29(10-3-1)41-21-20-33-34-23-39-35(22-27(34)16-19-37(33)41)32-12-6-7-13-38(32)42(39)30-17-14-26(15-18-30)36-25-40-24-28-8-4-5-11-31(28)36/h1-25H. The van der Waals surface area contributed by atoms with Crippen LogP contribution in [0, 0.1) is 0 Å². The number of hydrogen-bond donors (Lipinski definition) is 0. The van der Waals surface area contributed by atoms with Crippen LogP contribution in [-0.4, -0.2) is 14.1 Å². The van der Waals surface area contributed by atoms with Crippen molar-refractivity contribution in [3.05, 3.63) is 152 Å².